The Morgan fingerprint density at radius 1 is 1.28 bits per heavy atom. The maximum atomic E-state index is 12.6. The van der Waals surface area contributed by atoms with Crippen molar-refractivity contribution in [3.63, 3.8) is 0 Å². The summed E-state index contributed by atoms with van der Waals surface area (Å²) in [7, 11) is 1.97. The zero-order valence-corrected chi connectivity index (χ0v) is 15.4. The number of hydrogen-bond donors (Lipinski definition) is 1. The molecule has 0 aliphatic carbocycles. The summed E-state index contributed by atoms with van der Waals surface area (Å²) in [5.74, 6) is 1.21. The van der Waals surface area contributed by atoms with Crippen LogP contribution in [0.1, 0.15) is 19.3 Å². The van der Waals surface area contributed by atoms with Gasteiger partial charge in [0.15, 0.2) is 6.61 Å². The van der Waals surface area contributed by atoms with Gasteiger partial charge in [0.1, 0.15) is 12.3 Å². The summed E-state index contributed by atoms with van der Waals surface area (Å²) >= 11 is 0. The first kappa shape index (κ1) is 19.5. The van der Waals surface area contributed by atoms with Crippen LogP contribution in [0.4, 0.5) is 5.69 Å². The normalized spacial score (nSPS) is 17.6. The molecule has 0 spiro atoms. The molecule has 2 heterocycles. The van der Waals surface area contributed by atoms with E-state index >= 15 is 0 Å². The smallest absolute Gasteiger partial charge is 0.265 e. The molecule has 25 heavy (non-hydrogen) atoms. The molecule has 1 aromatic carbocycles. The van der Waals surface area contributed by atoms with Gasteiger partial charge in [-0.05, 0) is 50.9 Å². The highest BCUT2D eigenvalue weighted by Crippen LogP contribution is 2.31. The summed E-state index contributed by atoms with van der Waals surface area (Å²) in [6.45, 7) is 2.69. The fourth-order valence-electron chi connectivity index (χ4n) is 3.38. The molecule has 2 amide bonds. The van der Waals surface area contributed by atoms with Crippen molar-refractivity contribution < 1.29 is 14.3 Å². The average molecular weight is 368 g/mol. The lowest BCUT2D eigenvalue weighted by Gasteiger charge is -2.35. The Balaban J connectivity index is 0.00000225. The molecule has 0 atom stereocenters. The lowest BCUT2D eigenvalue weighted by atomic mass is 9.93. The maximum Gasteiger partial charge on any atom is 0.265 e. The Morgan fingerprint density at radius 3 is 2.72 bits per heavy atom. The van der Waals surface area contributed by atoms with Gasteiger partial charge in [-0.2, -0.15) is 0 Å². The first-order chi connectivity index (χ1) is 11.7. The van der Waals surface area contributed by atoms with Gasteiger partial charge in [-0.25, -0.2) is 0 Å². The number of carbonyl (C=O) groups is 2. The third-order valence-electron chi connectivity index (χ3n) is 4.87. The molecule has 1 fully saturated rings. The standard InChI is InChI=1S/C18H25N3O3.ClH/c1-19-9-6-14-7-10-20(11-8-14)17(22)12-21-15-4-2-3-5-16(15)24-13-18(21)23;/h2-5,14,19H,6-13H2,1H3;1H. The SMILES string of the molecule is CNCCC1CCN(C(=O)CN2C(=O)COc3ccccc32)CC1.Cl. The van der Waals surface area contributed by atoms with Crippen molar-refractivity contribution >= 4 is 29.9 Å². The number of para-hydroxylation sites is 2. The topological polar surface area (TPSA) is 61.9 Å². The Labute approximate surface area is 154 Å². The number of fused-ring (bicyclic) bond motifs is 1. The van der Waals surface area contributed by atoms with E-state index < -0.39 is 0 Å². The van der Waals surface area contributed by atoms with Gasteiger partial charge in [-0.3, -0.25) is 14.5 Å². The van der Waals surface area contributed by atoms with Crippen LogP contribution in [0.25, 0.3) is 0 Å². The number of likely N-dealkylation sites (tertiary alicyclic amines) is 1. The number of nitrogens with zero attached hydrogens (tertiary/aromatic N) is 2. The summed E-state index contributed by atoms with van der Waals surface area (Å²) in [5.41, 5.74) is 0.686. The number of benzene rings is 1. The molecular formula is C18H26ClN3O3. The van der Waals surface area contributed by atoms with Gasteiger partial charge < -0.3 is 15.0 Å². The molecule has 0 bridgehead atoms. The van der Waals surface area contributed by atoms with Gasteiger partial charge in [0.2, 0.25) is 5.91 Å². The van der Waals surface area contributed by atoms with Crippen LogP contribution < -0.4 is 15.0 Å². The number of anilines is 1. The molecule has 1 aromatic rings. The Morgan fingerprint density at radius 2 is 2.00 bits per heavy atom. The number of ether oxygens (including phenoxy) is 1. The third-order valence-corrected chi connectivity index (χ3v) is 4.87. The molecule has 7 heteroatoms. The number of amides is 2. The summed E-state index contributed by atoms with van der Waals surface area (Å²) < 4.78 is 5.42. The molecule has 0 radical (unpaired) electrons. The largest absolute Gasteiger partial charge is 0.482 e. The molecule has 138 valence electrons. The number of rotatable bonds is 5. The zero-order valence-electron chi connectivity index (χ0n) is 14.6. The second kappa shape index (κ2) is 9.06. The van der Waals surface area contributed by atoms with Crippen molar-refractivity contribution in [2.45, 2.75) is 19.3 Å². The van der Waals surface area contributed by atoms with Gasteiger partial charge >= 0.3 is 0 Å². The molecule has 0 aromatic heterocycles. The van der Waals surface area contributed by atoms with Crippen LogP contribution in [0, 0.1) is 5.92 Å². The number of carbonyl (C=O) groups excluding carboxylic acids is 2. The van der Waals surface area contributed by atoms with E-state index in [1.807, 2.05) is 36.2 Å². The molecule has 6 nitrogen and oxygen atoms in total. The second-order valence-corrected chi connectivity index (χ2v) is 6.45. The predicted molar refractivity (Wildman–Crippen MR) is 99.4 cm³/mol. The van der Waals surface area contributed by atoms with Crippen LogP contribution in [0.3, 0.4) is 0 Å². The van der Waals surface area contributed by atoms with Crippen molar-refractivity contribution in [2.24, 2.45) is 5.92 Å². The summed E-state index contributed by atoms with van der Waals surface area (Å²) in [5, 5.41) is 3.18. The third kappa shape index (κ3) is 4.64. The van der Waals surface area contributed by atoms with Crippen LogP contribution in [0.5, 0.6) is 5.75 Å². The fourth-order valence-corrected chi connectivity index (χ4v) is 3.38. The van der Waals surface area contributed by atoms with Crippen molar-refractivity contribution in [2.75, 3.05) is 44.7 Å². The zero-order chi connectivity index (χ0) is 16.9. The van der Waals surface area contributed by atoms with Gasteiger partial charge in [0.05, 0.1) is 5.69 Å². The molecule has 1 saturated heterocycles. The van der Waals surface area contributed by atoms with E-state index in [0.717, 1.165) is 38.9 Å². The molecule has 2 aliphatic rings. The van der Waals surface area contributed by atoms with E-state index in [9.17, 15) is 9.59 Å². The van der Waals surface area contributed by atoms with Crippen LogP contribution in [-0.4, -0.2) is 56.5 Å². The minimum atomic E-state index is -0.161. The van der Waals surface area contributed by atoms with Crippen molar-refractivity contribution in [3.8, 4) is 5.75 Å². The molecule has 0 unspecified atom stereocenters. The van der Waals surface area contributed by atoms with E-state index in [0.29, 0.717) is 17.4 Å². The number of hydrogen-bond acceptors (Lipinski definition) is 4. The molecule has 0 saturated carbocycles. The van der Waals surface area contributed by atoms with Crippen molar-refractivity contribution in [1.29, 1.82) is 0 Å². The first-order valence-corrected chi connectivity index (χ1v) is 8.63. The lowest BCUT2D eigenvalue weighted by Crippen LogP contribution is -2.48. The second-order valence-electron chi connectivity index (χ2n) is 6.45. The molecule has 3 rings (SSSR count). The maximum absolute atomic E-state index is 12.6. The molecule has 1 N–H and O–H groups in total. The van der Waals surface area contributed by atoms with Crippen LogP contribution in [-0.2, 0) is 9.59 Å². The molecule has 2 aliphatic heterocycles. The predicted octanol–water partition coefficient (Wildman–Crippen LogP) is 1.68. The van der Waals surface area contributed by atoms with Crippen LogP contribution >= 0.6 is 12.4 Å². The van der Waals surface area contributed by atoms with Crippen molar-refractivity contribution in [1.82, 2.24) is 10.2 Å². The Bertz CT molecular complexity index is 603. The van der Waals surface area contributed by atoms with Crippen molar-refractivity contribution in [3.05, 3.63) is 24.3 Å². The Hall–Kier alpha value is -1.79. The van der Waals surface area contributed by atoms with E-state index in [-0.39, 0.29) is 37.4 Å². The minimum Gasteiger partial charge on any atom is -0.482 e. The summed E-state index contributed by atoms with van der Waals surface area (Å²) in [6, 6.07) is 7.37. The molecular weight excluding hydrogens is 342 g/mol. The van der Waals surface area contributed by atoms with Gasteiger partial charge in [0, 0.05) is 13.1 Å². The van der Waals surface area contributed by atoms with Gasteiger partial charge in [-0.1, -0.05) is 12.1 Å². The van der Waals surface area contributed by atoms with E-state index in [2.05, 4.69) is 5.32 Å². The van der Waals surface area contributed by atoms with E-state index in [1.54, 1.807) is 4.90 Å². The quantitative estimate of drug-likeness (QED) is 0.860. The number of halogens is 1. The highest BCUT2D eigenvalue weighted by atomic mass is 35.5. The minimum absolute atomic E-state index is 0. The highest BCUT2D eigenvalue weighted by molar-refractivity contribution is 6.02. The highest BCUT2D eigenvalue weighted by Gasteiger charge is 2.30. The summed E-state index contributed by atoms with van der Waals surface area (Å²) in [4.78, 5) is 28.2. The fraction of sp³-hybridized carbons (Fsp3) is 0.556. The van der Waals surface area contributed by atoms with Crippen LogP contribution in [0.15, 0.2) is 24.3 Å². The monoisotopic (exact) mass is 367 g/mol. The number of piperidine rings is 1. The average Bonchev–Trinajstić information content (AvgIpc) is 2.62. The lowest BCUT2D eigenvalue weighted by molar-refractivity contribution is -0.133. The number of nitrogens with one attached hydrogen (secondary N) is 1. The van der Waals surface area contributed by atoms with E-state index in [1.165, 1.54) is 0 Å². The summed E-state index contributed by atoms with van der Waals surface area (Å²) in [6.07, 6.45) is 3.25. The van der Waals surface area contributed by atoms with Gasteiger partial charge in [-0.15, -0.1) is 12.4 Å². The Kier molecular flexibility index (Phi) is 7.08. The van der Waals surface area contributed by atoms with Crippen LogP contribution in [0.2, 0.25) is 0 Å². The van der Waals surface area contributed by atoms with Gasteiger partial charge in [0.25, 0.3) is 5.91 Å². The first-order valence-electron chi connectivity index (χ1n) is 8.63. The van der Waals surface area contributed by atoms with E-state index in [4.69, 9.17) is 4.74 Å².